The topological polar surface area (TPSA) is 95.9 Å². The molecule has 1 saturated heterocycles. The molecular formula is C17H24N2O5S2. The molecule has 0 aliphatic carbocycles. The number of nitrogens with zero attached hydrogens (tertiary/aromatic N) is 1. The largest absolute Gasteiger partial charge is 0.478 e. The Morgan fingerprint density at radius 1 is 1.46 bits per heavy atom. The number of hydrogen-bond acceptors (Lipinski definition) is 6. The molecule has 0 radical (unpaired) electrons. The lowest BCUT2D eigenvalue weighted by Crippen LogP contribution is -2.47. The molecular weight excluding hydrogens is 376 g/mol. The molecule has 0 bridgehead atoms. The zero-order valence-corrected chi connectivity index (χ0v) is 16.4. The SMILES string of the molecule is C=CCC1(OC)CCN(S(=O)(=O)c2sc3c(c2C(=O)O)CCNC3)CC1. The smallest absolute Gasteiger partial charge is 0.338 e. The van der Waals surface area contributed by atoms with Gasteiger partial charge in [-0.15, -0.1) is 17.9 Å². The molecule has 0 unspecified atom stereocenters. The van der Waals surface area contributed by atoms with Crippen molar-refractivity contribution < 1.29 is 23.1 Å². The van der Waals surface area contributed by atoms with E-state index >= 15 is 0 Å². The predicted molar refractivity (Wildman–Crippen MR) is 99.2 cm³/mol. The number of aromatic carboxylic acids is 1. The van der Waals surface area contributed by atoms with E-state index in [4.69, 9.17) is 4.74 Å². The Balaban J connectivity index is 1.91. The van der Waals surface area contributed by atoms with Crippen molar-refractivity contribution in [3.8, 4) is 0 Å². The number of carbonyl (C=O) groups is 1. The maximum Gasteiger partial charge on any atom is 0.338 e. The Kier molecular flexibility index (Phi) is 5.55. The molecule has 7 nitrogen and oxygen atoms in total. The van der Waals surface area contributed by atoms with Crippen molar-refractivity contribution in [1.82, 2.24) is 9.62 Å². The number of hydrogen-bond donors (Lipinski definition) is 2. The van der Waals surface area contributed by atoms with Crippen LogP contribution < -0.4 is 5.32 Å². The van der Waals surface area contributed by atoms with Gasteiger partial charge in [0.05, 0.1) is 11.2 Å². The van der Waals surface area contributed by atoms with Gasteiger partial charge in [-0.3, -0.25) is 0 Å². The van der Waals surface area contributed by atoms with Crippen LogP contribution in [-0.4, -0.2) is 56.1 Å². The van der Waals surface area contributed by atoms with E-state index in [2.05, 4.69) is 11.9 Å². The average Bonchev–Trinajstić information content (AvgIpc) is 3.03. The summed E-state index contributed by atoms with van der Waals surface area (Å²) in [4.78, 5) is 12.6. The minimum absolute atomic E-state index is 0.0349. The first-order chi connectivity index (χ1) is 12.3. The van der Waals surface area contributed by atoms with Crippen LogP contribution in [0.1, 0.15) is 40.1 Å². The van der Waals surface area contributed by atoms with Crippen molar-refractivity contribution in [2.24, 2.45) is 0 Å². The van der Waals surface area contributed by atoms with Gasteiger partial charge in [-0.2, -0.15) is 4.31 Å². The van der Waals surface area contributed by atoms with E-state index in [1.807, 2.05) is 0 Å². The molecule has 0 amide bonds. The second-order valence-electron chi connectivity index (χ2n) is 6.68. The summed E-state index contributed by atoms with van der Waals surface area (Å²) in [6, 6.07) is 0. The summed E-state index contributed by atoms with van der Waals surface area (Å²) >= 11 is 1.09. The lowest BCUT2D eigenvalue weighted by atomic mass is 9.89. The molecule has 3 heterocycles. The van der Waals surface area contributed by atoms with Crippen molar-refractivity contribution >= 4 is 27.3 Å². The first kappa shape index (κ1) is 19.5. The molecule has 3 rings (SSSR count). The number of piperidine rings is 1. The van der Waals surface area contributed by atoms with Gasteiger partial charge < -0.3 is 15.2 Å². The van der Waals surface area contributed by atoms with Crippen LogP contribution >= 0.6 is 11.3 Å². The third kappa shape index (κ3) is 3.34. The van der Waals surface area contributed by atoms with Crippen LogP contribution in [0.3, 0.4) is 0 Å². The summed E-state index contributed by atoms with van der Waals surface area (Å²) in [5.41, 5.74) is 0.234. The molecule has 0 atom stereocenters. The molecule has 0 aromatic carbocycles. The van der Waals surface area contributed by atoms with Crippen molar-refractivity contribution in [3.05, 3.63) is 28.7 Å². The molecule has 1 aromatic rings. The van der Waals surface area contributed by atoms with Gasteiger partial charge in [-0.05, 0) is 37.8 Å². The Hall–Kier alpha value is -1.26. The molecule has 2 N–H and O–H groups in total. The molecule has 2 aliphatic rings. The Morgan fingerprint density at radius 2 is 2.15 bits per heavy atom. The van der Waals surface area contributed by atoms with Crippen LogP contribution in [0, 0.1) is 0 Å². The van der Waals surface area contributed by atoms with Crippen molar-refractivity contribution in [2.75, 3.05) is 26.7 Å². The van der Waals surface area contributed by atoms with Gasteiger partial charge in [0.1, 0.15) is 4.21 Å². The number of nitrogens with one attached hydrogen (secondary N) is 1. The number of fused-ring (bicyclic) bond motifs is 1. The highest BCUT2D eigenvalue weighted by molar-refractivity contribution is 7.91. The van der Waals surface area contributed by atoms with Gasteiger partial charge in [-0.1, -0.05) is 6.08 Å². The first-order valence-corrected chi connectivity index (χ1v) is 10.8. The van der Waals surface area contributed by atoms with E-state index < -0.39 is 16.0 Å². The van der Waals surface area contributed by atoms with E-state index in [1.54, 1.807) is 13.2 Å². The van der Waals surface area contributed by atoms with Gasteiger partial charge in [0.15, 0.2) is 0 Å². The zero-order valence-electron chi connectivity index (χ0n) is 14.8. The quantitative estimate of drug-likeness (QED) is 0.708. The second-order valence-corrected chi connectivity index (χ2v) is 9.92. The maximum atomic E-state index is 13.2. The third-order valence-electron chi connectivity index (χ3n) is 5.27. The Bertz CT molecular complexity index is 807. The number of ether oxygens (including phenoxy) is 1. The summed E-state index contributed by atoms with van der Waals surface area (Å²) in [7, 11) is -2.21. The minimum atomic E-state index is -3.84. The average molecular weight is 401 g/mol. The monoisotopic (exact) mass is 400 g/mol. The number of carboxylic acids is 1. The van der Waals surface area contributed by atoms with E-state index in [9.17, 15) is 18.3 Å². The molecule has 0 spiro atoms. The molecule has 1 aromatic heterocycles. The third-order valence-corrected chi connectivity index (χ3v) is 8.89. The van der Waals surface area contributed by atoms with E-state index in [0.29, 0.717) is 57.4 Å². The van der Waals surface area contributed by atoms with Gasteiger partial charge in [0.25, 0.3) is 10.0 Å². The Labute approximate surface area is 157 Å². The maximum absolute atomic E-state index is 13.2. The number of rotatable bonds is 6. The molecule has 9 heteroatoms. The lowest BCUT2D eigenvalue weighted by molar-refractivity contribution is -0.0427. The molecule has 26 heavy (non-hydrogen) atoms. The summed E-state index contributed by atoms with van der Waals surface area (Å²) in [6.07, 6.45) is 4.11. The highest BCUT2D eigenvalue weighted by Gasteiger charge is 2.41. The summed E-state index contributed by atoms with van der Waals surface area (Å²) in [5.74, 6) is -1.17. The van der Waals surface area contributed by atoms with E-state index in [0.717, 1.165) is 16.2 Å². The molecule has 2 aliphatic heterocycles. The highest BCUT2D eigenvalue weighted by Crippen LogP contribution is 2.38. The fourth-order valence-electron chi connectivity index (χ4n) is 3.71. The summed E-state index contributed by atoms with van der Waals surface area (Å²) in [5, 5.41) is 12.8. The van der Waals surface area contributed by atoms with Crippen LogP contribution in [0.2, 0.25) is 0 Å². The molecule has 0 saturated carbocycles. The highest BCUT2D eigenvalue weighted by atomic mass is 32.2. The fraction of sp³-hybridized carbons (Fsp3) is 0.588. The van der Waals surface area contributed by atoms with E-state index in [1.165, 1.54) is 4.31 Å². The fourth-order valence-corrected chi connectivity index (χ4v) is 7.16. The standard InChI is InChI=1S/C17H24N2O5S2/c1-3-5-17(24-2)6-9-19(10-7-17)26(22,23)16-14(15(20)21)12-4-8-18-11-13(12)25-16/h3,18H,1,4-11H2,2H3,(H,20,21). The van der Waals surface area contributed by atoms with Crippen molar-refractivity contribution in [1.29, 1.82) is 0 Å². The van der Waals surface area contributed by atoms with Gasteiger partial charge in [-0.25, -0.2) is 13.2 Å². The van der Waals surface area contributed by atoms with Gasteiger partial charge in [0, 0.05) is 31.6 Å². The van der Waals surface area contributed by atoms with Crippen molar-refractivity contribution in [3.63, 3.8) is 0 Å². The van der Waals surface area contributed by atoms with Crippen LogP contribution in [-0.2, 0) is 27.7 Å². The molecule has 1 fully saturated rings. The zero-order chi connectivity index (χ0) is 18.9. The normalized spacial score (nSPS) is 20.5. The predicted octanol–water partition coefficient (Wildman–Crippen LogP) is 1.84. The van der Waals surface area contributed by atoms with Crippen molar-refractivity contribution in [2.45, 2.75) is 42.0 Å². The summed E-state index contributed by atoms with van der Waals surface area (Å²) < 4.78 is 33.3. The second kappa shape index (κ2) is 7.40. The number of carboxylic acid groups (broad SMARTS) is 1. The minimum Gasteiger partial charge on any atom is -0.478 e. The van der Waals surface area contributed by atoms with Crippen LogP contribution in [0.25, 0.3) is 0 Å². The van der Waals surface area contributed by atoms with Crippen LogP contribution in [0.5, 0.6) is 0 Å². The number of sulfonamides is 1. The summed E-state index contributed by atoms with van der Waals surface area (Å²) in [6.45, 7) is 5.54. The Morgan fingerprint density at radius 3 is 2.73 bits per heavy atom. The lowest BCUT2D eigenvalue weighted by Gasteiger charge is -2.39. The number of methoxy groups -OCH3 is 1. The number of thiophene rings is 1. The van der Waals surface area contributed by atoms with Crippen LogP contribution in [0.15, 0.2) is 16.9 Å². The van der Waals surface area contributed by atoms with Crippen LogP contribution in [0.4, 0.5) is 0 Å². The first-order valence-electron chi connectivity index (χ1n) is 8.59. The van der Waals surface area contributed by atoms with E-state index in [-0.39, 0.29) is 15.4 Å². The van der Waals surface area contributed by atoms with Gasteiger partial charge >= 0.3 is 5.97 Å². The van der Waals surface area contributed by atoms with Gasteiger partial charge in [0.2, 0.25) is 0 Å². The molecule has 144 valence electrons.